The molecule has 166 valence electrons. The maximum absolute atomic E-state index is 14.7. The van der Waals surface area contributed by atoms with Gasteiger partial charge >= 0.3 is 0 Å². The number of rotatable bonds is 5. The van der Waals surface area contributed by atoms with E-state index < -0.39 is 17.5 Å². The fourth-order valence-corrected chi connectivity index (χ4v) is 3.42. The number of amides is 1. The van der Waals surface area contributed by atoms with Gasteiger partial charge in [-0.2, -0.15) is 0 Å². The number of hydrogen-bond acceptors (Lipinski definition) is 7. The van der Waals surface area contributed by atoms with Gasteiger partial charge in [-0.05, 0) is 24.3 Å². The van der Waals surface area contributed by atoms with Gasteiger partial charge in [-0.1, -0.05) is 6.07 Å². The SMILES string of the molecule is COc1cccc(F)c1-c1nccc(C(=O)Nc2cc(F)c(N3CCOCC3)cc2N)n1. The van der Waals surface area contributed by atoms with Crippen molar-refractivity contribution in [1.29, 1.82) is 0 Å². The van der Waals surface area contributed by atoms with Crippen LogP contribution in [0.25, 0.3) is 11.4 Å². The van der Waals surface area contributed by atoms with Gasteiger partial charge in [0.2, 0.25) is 0 Å². The number of aromatic nitrogens is 2. The number of nitrogens with two attached hydrogens (primary N) is 1. The minimum atomic E-state index is -0.644. The molecule has 1 aliphatic heterocycles. The highest BCUT2D eigenvalue weighted by molar-refractivity contribution is 6.04. The van der Waals surface area contributed by atoms with Crippen LogP contribution in [0.1, 0.15) is 10.5 Å². The second kappa shape index (κ2) is 9.15. The molecule has 2 aromatic carbocycles. The Morgan fingerprint density at radius 2 is 1.97 bits per heavy atom. The first-order valence-electron chi connectivity index (χ1n) is 9.87. The van der Waals surface area contributed by atoms with E-state index >= 15 is 0 Å². The molecule has 1 aromatic heterocycles. The second-order valence-corrected chi connectivity index (χ2v) is 7.03. The molecule has 10 heteroatoms. The molecule has 1 saturated heterocycles. The lowest BCUT2D eigenvalue weighted by Crippen LogP contribution is -2.36. The van der Waals surface area contributed by atoms with Gasteiger partial charge in [-0.25, -0.2) is 18.7 Å². The van der Waals surface area contributed by atoms with Crippen LogP contribution in [0, 0.1) is 11.6 Å². The molecular weight excluding hydrogens is 420 g/mol. The lowest BCUT2D eigenvalue weighted by molar-refractivity contribution is 0.102. The van der Waals surface area contributed by atoms with Crippen molar-refractivity contribution in [2.45, 2.75) is 0 Å². The third-order valence-corrected chi connectivity index (χ3v) is 5.03. The van der Waals surface area contributed by atoms with Crippen LogP contribution < -0.4 is 20.7 Å². The van der Waals surface area contributed by atoms with E-state index in [0.29, 0.717) is 32.0 Å². The lowest BCUT2D eigenvalue weighted by Gasteiger charge is -2.29. The van der Waals surface area contributed by atoms with E-state index in [0.717, 1.165) is 0 Å². The number of hydrogen-bond donors (Lipinski definition) is 2. The molecule has 3 N–H and O–H groups in total. The van der Waals surface area contributed by atoms with E-state index in [1.165, 1.54) is 43.6 Å². The topological polar surface area (TPSA) is 103 Å². The monoisotopic (exact) mass is 441 g/mol. The van der Waals surface area contributed by atoms with E-state index in [1.807, 2.05) is 4.90 Å². The van der Waals surface area contributed by atoms with Gasteiger partial charge in [0.15, 0.2) is 5.82 Å². The Kier molecular flexibility index (Phi) is 6.13. The average Bonchev–Trinajstić information content (AvgIpc) is 2.81. The van der Waals surface area contributed by atoms with Gasteiger partial charge in [0.05, 0.1) is 42.9 Å². The summed E-state index contributed by atoms with van der Waals surface area (Å²) in [5, 5.41) is 2.56. The first-order valence-corrected chi connectivity index (χ1v) is 9.87. The van der Waals surface area contributed by atoms with Gasteiger partial charge < -0.3 is 25.4 Å². The third kappa shape index (κ3) is 4.30. The van der Waals surface area contributed by atoms with Crippen LogP contribution in [0.15, 0.2) is 42.6 Å². The minimum absolute atomic E-state index is 0.0191. The molecule has 0 saturated carbocycles. The number of nitrogens with one attached hydrogen (secondary N) is 1. The quantitative estimate of drug-likeness (QED) is 0.587. The number of nitrogens with zero attached hydrogens (tertiary/aromatic N) is 3. The second-order valence-electron chi connectivity index (χ2n) is 7.03. The van der Waals surface area contributed by atoms with Crippen LogP contribution in [0.3, 0.4) is 0 Å². The van der Waals surface area contributed by atoms with Crippen LogP contribution in [0.2, 0.25) is 0 Å². The summed E-state index contributed by atoms with van der Waals surface area (Å²) in [4.78, 5) is 22.8. The van der Waals surface area contributed by atoms with Crippen molar-refractivity contribution in [3.63, 3.8) is 0 Å². The van der Waals surface area contributed by atoms with Crippen molar-refractivity contribution in [2.24, 2.45) is 0 Å². The zero-order valence-electron chi connectivity index (χ0n) is 17.3. The summed E-state index contributed by atoms with van der Waals surface area (Å²) in [5.74, 6) is -1.54. The standard InChI is InChI=1S/C22H21F2N5O3/c1-31-19-4-2-3-13(23)20(19)21-26-6-5-16(27-21)22(30)28-17-11-14(24)18(12-15(17)25)29-7-9-32-10-8-29/h2-6,11-12H,7-10,25H2,1H3,(H,28,30). The first kappa shape index (κ1) is 21.4. The van der Waals surface area contributed by atoms with E-state index in [9.17, 15) is 13.6 Å². The molecule has 1 aliphatic rings. The largest absolute Gasteiger partial charge is 0.496 e. The Morgan fingerprint density at radius 1 is 1.19 bits per heavy atom. The predicted molar refractivity (Wildman–Crippen MR) is 116 cm³/mol. The molecule has 4 rings (SSSR count). The molecule has 0 aliphatic carbocycles. The number of halogens is 2. The molecule has 0 radical (unpaired) electrons. The number of anilines is 3. The lowest BCUT2D eigenvalue weighted by atomic mass is 10.1. The Labute approximate surface area is 183 Å². The number of ether oxygens (including phenoxy) is 2. The molecule has 1 fully saturated rings. The van der Waals surface area contributed by atoms with Crippen molar-refractivity contribution >= 4 is 23.0 Å². The molecule has 0 spiro atoms. The Hall–Kier alpha value is -3.79. The molecule has 2 heterocycles. The number of methoxy groups -OCH3 is 1. The third-order valence-electron chi connectivity index (χ3n) is 5.03. The van der Waals surface area contributed by atoms with Crippen molar-refractivity contribution in [2.75, 3.05) is 49.4 Å². The summed E-state index contributed by atoms with van der Waals surface area (Å²) in [5.41, 5.74) is 6.70. The number of carbonyl (C=O) groups excluding carboxylic acids is 1. The first-order chi connectivity index (χ1) is 15.5. The molecule has 3 aromatic rings. The zero-order chi connectivity index (χ0) is 22.7. The summed E-state index contributed by atoms with van der Waals surface area (Å²) < 4.78 is 39.5. The predicted octanol–water partition coefficient (Wildman–Crippen LogP) is 3.10. The molecule has 0 bridgehead atoms. The van der Waals surface area contributed by atoms with Crippen molar-refractivity contribution in [1.82, 2.24) is 9.97 Å². The maximum atomic E-state index is 14.7. The van der Waals surface area contributed by atoms with Gasteiger partial charge in [0.1, 0.15) is 23.1 Å². The van der Waals surface area contributed by atoms with Crippen LogP contribution in [-0.4, -0.2) is 49.3 Å². The van der Waals surface area contributed by atoms with Crippen LogP contribution in [0.5, 0.6) is 5.75 Å². The minimum Gasteiger partial charge on any atom is -0.496 e. The van der Waals surface area contributed by atoms with Crippen molar-refractivity contribution < 1.29 is 23.0 Å². The normalized spacial score (nSPS) is 13.7. The zero-order valence-corrected chi connectivity index (χ0v) is 17.3. The highest BCUT2D eigenvalue weighted by atomic mass is 19.1. The van der Waals surface area contributed by atoms with Gasteiger partial charge in [0, 0.05) is 25.4 Å². The molecule has 1 amide bonds. The summed E-state index contributed by atoms with van der Waals surface area (Å²) in [7, 11) is 1.40. The smallest absolute Gasteiger partial charge is 0.274 e. The number of morpholine rings is 1. The van der Waals surface area contributed by atoms with Crippen LogP contribution in [0.4, 0.5) is 25.8 Å². The Morgan fingerprint density at radius 3 is 2.72 bits per heavy atom. The maximum Gasteiger partial charge on any atom is 0.274 e. The van der Waals surface area contributed by atoms with Crippen molar-refractivity contribution in [3.8, 4) is 17.1 Å². The van der Waals surface area contributed by atoms with E-state index in [-0.39, 0.29) is 34.2 Å². The summed E-state index contributed by atoms with van der Waals surface area (Å²) in [6.07, 6.45) is 1.33. The van der Waals surface area contributed by atoms with Gasteiger partial charge in [-0.3, -0.25) is 4.79 Å². The van der Waals surface area contributed by atoms with Crippen LogP contribution >= 0.6 is 0 Å². The summed E-state index contributed by atoms with van der Waals surface area (Å²) >= 11 is 0. The van der Waals surface area contributed by atoms with Crippen LogP contribution in [-0.2, 0) is 4.74 Å². The highest BCUT2D eigenvalue weighted by Gasteiger charge is 2.20. The Bertz CT molecular complexity index is 1150. The molecule has 0 unspecified atom stereocenters. The number of nitrogen functional groups attached to an aromatic ring is 1. The fraction of sp³-hybridized carbons (Fsp3) is 0.227. The average molecular weight is 441 g/mol. The number of carbonyl (C=O) groups is 1. The fourth-order valence-electron chi connectivity index (χ4n) is 3.42. The van der Waals surface area contributed by atoms with Crippen molar-refractivity contribution in [3.05, 3.63) is 59.9 Å². The number of benzene rings is 2. The summed E-state index contributed by atoms with van der Waals surface area (Å²) in [6, 6.07) is 8.31. The van der Waals surface area contributed by atoms with E-state index in [2.05, 4.69) is 15.3 Å². The highest BCUT2D eigenvalue weighted by Crippen LogP contribution is 2.31. The van der Waals surface area contributed by atoms with E-state index in [1.54, 1.807) is 6.07 Å². The van der Waals surface area contributed by atoms with Gasteiger partial charge in [0.25, 0.3) is 5.91 Å². The molecule has 8 nitrogen and oxygen atoms in total. The Balaban J connectivity index is 1.59. The summed E-state index contributed by atoms with van der Waals surface area (Å²) in [6.45, 7) is 2.10. The molecule has 32 heavy (non-hydrogen) atoms. The van der Waals surface area contributed by atoms with Gasteiger partial charge in [-0.15, -0.1) is 0 Å². The molecule has 0 atom stereocenters. The molecular formula is C22H21F2N5O3. The van der Waals surface area contributed by atoms with E-state index in [4.69, 9.17) is 15.2 Å².